The van der Waals surface area contributed by atoms with Gasteiger partial charge in [0, 0.05) is 0 Å². The van der Waals surface area contributed by atoms with Crippen LogP contribution in [0.25, 0.3) is 0 Å². The Labute approximate surface area is 89.0 Å². The van der Waals surface area contributed by atoms with Gasteiger partial charge in [-0.3, -0.25) is 0 Å². The summed E-state index contributed by atoms with van der Waals surface area (Å²) in [5.74, 6) is 0.0764. The van der Waals surface area contributed by atoms with Crippen LogP contribution in [0.15, 0.2) is 24.3 Å². The van der Waals surface area contributed by atoms with Gasteiger partial charge in [0.2, 0.25) is 0 Å². The number of benzene rings is 1. The fourth-order valence-corrected chi connectivity index (χ4v) is 1.17. The van der Waals surface area contributed by atoms with E-state index in [0.717, 1.165) is 0 Å². The molecule has 0 aromatic heterocycles. The molecule has 0 atom stereocenters. The average Bonchev–Trinajstić information content (AvgIpc) is 1.91. The van der Waals surface area contributed by atoms with E-state index in [1.165, 1.54) is 6.07 Å². The standard InChI is InChI=1S/C7H8O4S.Li/c1-6-4-2-3-5-7(6)11-12(8,9)10;/h2-5H,1H3,(H,8,9,10);/q;+1/p-1. The quantitative estimate of drug-likeness (QED) is 0.305. The van der Waals surface area contributed by atoms with Crippen LogP contribution in [0, 0.1) is 6.92 Å². The summed E-state index contributed by atoms with van der Waals surface area (Å²) in [5.41, 5.74) is 0.608. The van der Waals surface area contributed by atoms with Crippen molar-refractivity contribution in [3.05, 3.63) is 29.8 Å². The molecule has 66 valence electrons. The summed E-state index contributed by atoms with van der Waals surface area (Å²) in [7, 11) is -4.65. The van der Waals surface area contributed by atoms with Gasteiger partial charge in [0.15, 0.2) is 0 Å². The minimum absolute atomic E-state index is 0. The molecule has 0 spiro atoms. The Kier molecular flexibility index (Phi) is 4.51. The zero-order chi connectivity index (χ0) is 9.19. The van der Waals surface area contributed by atoms with E-state index in [1.807, 2.05) is 0 Å². The largest absolute Gasteiger partial charge is 1.00 e. The number of hydrogen-bond donors (Lipinski definition) is 0. The van der Waals surface area contributed by atoms with Gasteiger partial charge in [-0.2, -0.15) is 0 Å². The maximum atomic E-state index is 10.2. The number of hydrogen-bond acceptors (Lipinski definition) is 4. The van der Waals surface area contributed by atoms with Crippen molar-refractivity contribution in [3.8, 4) is 5.75 Å². The SMILES string of the molecule is Cc1ccccc1OS(=O)(=O)[O-].[Li+]. The van der Waals surface area contributed by atoms with E-state index < -0.39 is 10.4 Å². The third-order valence-corrected chi connectivity index (χ3v) is 1.67. The van der Waals surface area contributed by atoms with Crippen molar-refractivity contribution in [2.45, 2.75) is 6.92 Å². The van der Waals surface area contributed by atoms with E-state index in [9.17, 15) is 13.0 Å². The Hall–Kier alpha value is -0.473. The van der Waals surface area contributed by atoms with Crippen LogP contribution in [0.4, 0.5) is 0 Å². The molecule has 0 bridgehead atoms. The predicted octanol–water partition coefficient (Wildman–Crippen LogP) is -2.16. The van der Waals surface area contributed by atoms with Crippen LogP contribution in [0.2, 0.25) is 0 Å². The molecule has 4 nitrogen and oxygen atoms in total. The smallest absolute Gasteiger partial charge is 0.716 e. The van der Waals surface area contributed by atoms with Gasteiger partial charge in [0.05, 0.1) is 0 Å². The van der Waals surface area contributed by atoms with Crippen molar-refractivity contribution < 1.29 is 36.0 Å². The third-order valence-electron chi connectivity index (χ3n) is 1.29. The van der Waals surface area contributed by atoms with Gasteiger partial charge in [0.25, 0.3) is 10.4 Å². The minimum Gasteiger partial charge on any atom is -0.716 e. The van der Waals surface area contributed by atoms with Crippen LogP contribution in [0.5, 0.6) is 5.75 Å². The normalized spacial score (nSPS) is 10.3. The van der Waals surface area contributed by atoms with E-state index in [2.05, 4.69) is 4.18 Å². The van der Waals surface area contributed by atoms with Gasteiger partial charge in [-0.25, -0.2) is 8.42 Å². The molecule has 0 heterocycles. The number of aryl methyl sites for hydroxylation is 1. The van der Waals surface area contributed by atoms with Gasteiger partial charge in [-0.15, -0.1) is 0 Å². The summed E-state index contributed by atoms with van der Waals surface area (Å²) in [6.45, 7) is 1.65. The molecular weight excluding hydrogens is 187 g/mol. The zero-order valence-corrected chi connectivity index (χ0v) is 8.17. The molecule has 0 unspecified atom stereocenters. The summed E-state index contributed by atoms with van der Waals surface area (Å²) in [6.07, 6.45) is 0. The Morgan fingerprint density at radius 2 is 1.85 bits per heavy atom. The van der Waals surface area contributed by atoms with Gasteiger partial charge in [-0.1, -0.05) is 18.2 Å². The number of rotatable bonds is 2. The van der Waals surface area contributed by atoms with Crippen LogP contribution >= 0.6 is 0 Å². The van der Waals surface area contributed by atoms with Crippen LogP contribution in [0.1, 0.15) is 5.56 Å². The fraction of sp³-hybridized carbons (Fsp3) is 0.143. The van der Waals surface area contributed by atoms with E-state index in [1.54, 1.807) is 25.1 Å². The predicted molar refractivity (Wildman–Crippen MR) is 41.5 cm³/mol. The van der Waals surface area contributed by atoms with Crippen molar-refractivity contribution in [1.29, 1.82) is 0 Å². The number of para-hydroxylation sites is 1. The van der Waals surface area contributed by atoms with Crippen molar-refractivity contribution in [3.63, 3.8) is 0 Å². The first-order valence-electron chi connectivity index (χ1n) is 3.20. The maximum absolute atomic E-state index is 10.2. The van der Waals surface area contributed by atoms with E-state index in [4.69, 9.17) is 0 Å². The average molecular weight is 194 g/mol. The van der Waals surface area contributed by atoms with Gasteiger partial charge in [-0.05, 0) is 18.6 Å². The molecule has 0 saturated carbocycles. The summed E-state index contributed by atoms with van der Waals surface area (Å²) < 4.78 is 34.7. The summed E-state index contributed by atoms with van der Waals surface area (Å²) in [5, 5.41) is 0. The molecule has 0 radical (unpaired) electrons. The molecule has 0 N–H and O–H groups in total. The summed E-state index contributed by atoms with van der Waals surface area (Å²) >= 11 is 0. The molecule has 0 saturated heterocycles. The van der Waals surface area contributed by atoms with E-state index in [0.29, 0.717) is 5.56 Å². The first kappa shape index (κ1) is 12.5. The molecule has 0 aliphatic heterocycles. The van der Waals surface area contributed by atoms with Crippen LogP contribution < -0.4 is 23.0 Å². The molecule has 0 fully saturated rings. The summed E-state index contributed by atoms with van der Waals surface area (Å²) in [6, 6.07) is 6.39. The van der Waals surface area contributed by atoms with Crippen molar-refractivity contribution in [2.75, 3.05) is 0 Å². The van der Waals surface area contributed by atoms with Crippen molar-refractivity contribution >= 4 is 10.4 Å². The van der Waals surface area contributed by atoms with Gasteiger partial charge >= 0.3 is 18.9 Å². The van der Waals surface area contributed by atoms with Crippen LogP contribution in [0.3, 0.4) is 0 Å². The monoisotopic (exact) mass is 194 g/mol. The van der Waals surface area contributed by atoms with Crippen molar-refractivity contribution in [1.82, 2.24) is 0 Å². The summed E-state index contributed by atoms with van der Waals surface area (Å²) in [4.78, 5) is 0. The Morgan fingerprint density at radius 3 is 2.31 bits per heavy atom. The Morgan fingerprint density at radius 1 is 1.31 bits per heavy atom. The Balaban J connectivity index is 0.00000144. The second-order valence-electron chi connectivity index (χ2n) is 2.26. The second-order valence-corrected chi connectivity index (χ2v) is 3.24. The third kappa shape index (κ3) is 4.34. The van der Waals surface area contributed by atoms with E-state index >= 15 is 0 Å². The molecule has 1 aromatic rings. The fourth-order valence-electron chi connectivity index (χ4n) is 0.760. The second kappa shape index (κ2) is 4.68. The van der Waals surface area contributed by atoms with Gasteiger partial charge < -0.3 is 8.74 Å². The first-order valence-corrected chi connectivity index (χ1v) is 4.53. The van der Waals surface area contributed by atoms with E-state index in [-0.39, 0.29) is 24.6 Å². The maximum Gasteiger partial charge on any atom is 1.00 e. The minimum atomic E-state index is -4.65. The molecule has 0 aliphatic carbocycles. The van der Waals surface area contributed by atoms with Crippen LogP contribution in [-0.4, -0.2) is 13.0 Å². The van der Waals surface area contributed by atoms with Crippen LogP contribution in [-0.2, 0) is 10.4 Å². The molecule has 1 rings (SSSR count). The molecular formula is C7H7LiO4S. The molecule has 0 amide bonds. The molecule has 0 aliphatic rings. The van der Waals surface area contributed by atoms with Crippen molar-refractivity contribution in [2.24, 2.45) is 0 Å². The molecule has 13 heavy (non-hydrogen) atoms. The molecule has 6 heteroatoms. The Bertz CT molecular complexity index is 374. The topological polar surface area (TPSA) is 66.4 Å². The first-order chi connectivity index (χ1) is 5.49. The van der Waals surface area contributed by atoms with Gasteiger partial charge in [0.1, 0.15) is 5.75 Å². The zero-order valence-electron chi connectivity index (χ0n) is 7.35. The molecule has 1 aromatic carbocycles.